The minimum Gasteiger partial charge on any atom is -0.490 e. The molecule has 1 amide bonds. The third-order valence-corrected chi connectivity index (χ3v) is 6.82. The molecule has 2 fully saturated rings. The number of aryl methyl sites for hydroxylation is 1. The predicted octanol–water partition coefficient (Wildman–Crippen LogP) is 2.65. The monoisotopic (exact) mass is 426 g/mol. The first kappa shape index (κ1) is 20.4. The lowest BCUT2D eigenvalue weighted by Gasteiger charge is -2.25. The largest absolute Gasteiger partial charge is 0.490 e. The van der Waals surface area contributed by atoms with Gasteiger partial charge >= 0.3 is 0 Å². The van der Waals surface area contributed by atoms with Crippen molar-refractivity contribution in [1.29, 1.82) is 0 Å². The molecule has 0 radical (unpaired) electrons. The van der Waals surface area contributed by atoms with E-state index in [-0.39, 0.29) is 23.7 Å². The van der Waals surface area contributed by atoms with Crippen molar-refractivity contribution >= 4 is 11.6 Å². The summed E-state index contributed by atoms with van der Waals surface area (Å²) in [5, 5.41) is 24.8. The van der Waals surface area contributed by atoms with Gasteiger partial charge < -0.3 is 20.3 Å². The Bertz CT molecular complexity index is 982. The topological polar surface area (TPSA) is 82.0 Å². The maximum absolute atomic E-state index is 13.1. The average Bonchev–Trinajstić information content (AvgIpc) is 3.19. The molecule has 1 aliphatic carbocycles. The second-order valence-corrected chi connectivity index (χ2v) is 9.11. The summed E-state index contributed by atoms with van der Waals surface area (Å²) in [4.78, 5) is 13.6. The number of hydrogen-bond acceptors (Lipinski definition) is 5. The van der Waals surface area contributed by atoms with Gasteiger partial charge in [-0.3, -0.25) is 9.69 Å². The van der Waals surface area contributed by atoms with E-state index in [2.05, 4.69) is 10.2 Å². The van der Waals surface area contributed by atoms with Crippen molar-refractivity contribution in [2.75, 3.05) is 25.0 Å². The van der Waals surface area contributed by atoms with Gasteiger partial charge in [-0.15, -0.1) is 0 Å². The first-order chi connectivity index (χ1) is 14.9. The number of hydrogen-bond donors (Lipinski definition) is 3. The Balaban J connectivity index is 1.18. The van der Waals surface area contributed by atoms with Crippen molar-refractivity contribution < 1.29 is 24.1 Å². The van der Waals surface area contributed by atoms with Crippen LogP contribution in [-0.2, 0) is 11.2 Å². The van der Waals surface area contributed by atoms with E-state index in [9.17, 15) is 19.4 Å². The molecule has 164 valence electrons. The van der Waals surface area contributed by atoms with Crippen LogP contribution in [0, 0.1) is 11.7 Å². The number of benzene rings is 2. The molecule has 3 aliphatic rings. The SMILES string of the molecule is O=C1CCc2cc([C@@H](O)CN3C[C@@H]4C[C@@H](Oc5ccc(F)cc5)C[C@]4(O)C3)ccc2N1. The number of nitrogens with one attached hydrogen (secondary N) is 1. The highest BCUT2D eigenvalue weighted by atomic mass is 19.1. The summed E-state index contributed by atoms with van der Waals surface area (Å²) in [6.45, 7) is 1.66. The number of fused-ring (bicyclic) bond motifs is 2. The number of aliphatic hydroxyl groups is 2. The molecule has 0 unspecified atom stereocenters. The van der Waals surface area contributed by atoms with Crippen LogP contribution in [0.3, 0.4) is 0 Å². The molecular formula is C24H27FN2O4. The lowest BCUT2D eigenvalue weighted by atomic mass is 9.95. The second kappa shape index (κ2) is 7.89. The molecule has 0 spiro atoms. The molecule has 7 heteroatoms. The van der Waals surface area contributed by atoms with Crippen molar-refractivity contribution in [3.8, 4) is 5.75 Å². The Morgan fingerprint density at radius 2 is 2.03 bits per heavy atom. The zero-order chi connectivity index (χ0) is 21.6. The Morgan fingerprint density at radius 1 is 1.23 bits per heavy atom. The number of carbonyl (C=O) groups is 1. The number of anilines is 1. The third-order valence-electron chi connectivity index (χ3n) is 6.82. The van der Waals surface area contributed by atoms with E-state index in [0.717, 1.165) is 23.2 Å². The summed E-state index contributed by atoms with van der Waals surface area (Å²) in [6.07, 6.45) is 1.66. The van der Waals surface area contributed by atoms with Crippen molar-refractivity contribution in [3.63, 3.8) is 0 Å². The van der Waals surface area contributed by atoms with Crippen LogP contribution in [0.5, 0.6) is 5.75 Å². The first-order valence-electron chi connectivity index (χ1n) is 10.9. The van der Waals surface area contributed by atoms with Gasteiger partial charge in [-0.05, 0) is 54.3 Å². The number of aliphatic hydroxyl groups excluding tert-OH is 1. The Hall–Kier alpha value is -2.48. The summed E-state index contributed by atoms with van der Waals surface area (Å²) in [6, 6.07) is 11.6. The van der Waals surface area contributed by atoms with Crippen LogP contribution < -0.4 is 10.1 Å². The van der Waals surface area contributed by atoms with E-state index in [0.29, 0.717) is 44.6 Å². The van der Waals surface area contributed by atoms with E-state index in [1.165, 1.54) is 12.1 Å². The van der Waals surface area contributed by atoms with E-state index in [4.69, 9.17) is 4.74 Å². The molecule has 2 aliphatic heterocycles. The highest BCUT2D eigenvalue weighted by Crippen LogP contribution is 2.43. The van der Waals surface area contributed by atoms with Gasteiger partial charge in [0.15, 0.2) is 0 Å². The molecule has 0 bridgehead atoms. The number of nitrogens with zero attached hydrogens (tertiary/aromatic N) is 1. The van der Waals surface area contributed by atoms with E-state index in [1.54, 1.807) is 12.1 Å². The summed E-state index contributed by atoms with van der Waals surface area (Å²) in [5.41, 5.74) is 1.87. The fourth-order valence-corrected chi connectivity index (χ4v) is 5.28. The Kier molecular flexibility index (Phi) is 5.20. The van der Waals surface area contributed by atoms with Crippen molar-refractivity contribution in [1.82, 2.24) is 4.90 Å². The third kappa shape index (κ3) is 4.18. The number of halogens is 1. The van der Waals surface area contributed by atoms with Gasteiger partial charge in [0.2, 0.25) is 5.91 Å². The molecule has 2 aromatic carbocycles. The van der Waals surface area contributed by atoms with Gasteiger partial charge in [-0.25, -0.2) is 4.39 Å². The zero-order valence-electron chi connectivity index (χ0n) is 17.3. The molecule has 6 nitrogen and oxygen atoms in total. The number of amides is 1. The lowest BCUT2D eigenvalue weighted by Crippen LogP contribution is -2.36. The van der Waals surface area contributed by atoms with Gasteiger partial charge in [0.05, 0.1) is 11.7 Å². The van der Waals surface area contributed by atoms with Crippen LogP contribution >= 0.6 is 0 Å². The van der Waals surface area contributed by atoms with Crippen LogP contribution in [-0.4, -0.2) is 52.4 Å². The fourth-order valence-electron chi connectivity index (χ4n) is 5.28. The number of ether oxygens (including phenoxy) is 1. The van der Waals surface area contributed by atoms with Crippen LogP contribution in [0.25, 0.3) is 0 Å². The van der Waals surface area contributed by atoms with Crippen LogP contribution in [0.4, 0.5) is 10.1 Å². The zero-order valence-corrected chi connectivity index (χ0v) is 17.3. The predicted molar refractivity (Wildman–Crippen MR) is 113 cm³/mol. The van der Waals surface area contributed by atoms with Crippen molar-refractivity contribution in [2.24, 2.45) is 5.92 Å². The highest BCUT2D eigenvalue weighted by Gasteiger charge is 2.52. The summed E-state index contributed by atoms with van der Waals surface area (Å²) in [7, 11) is 0. The number of rotatable bonds is 5. The summed E-state index contributed by atoms with van der Waals surface area (Å²) < 4.78 is 19.0. The first-order valence-corrected chi connectivity index (χ1v) is 10.9. The van der Waals surface area contributed by atoms with E-state index >= 15 is 0 Å². The molecule has 1 saturated carbocycles. The fraction of sp³-hybridized carbons (Fsp3) is 0.458. The van der Waals surface area contributed by atoms with Gasteiger partial charge in [0.1, 0.15) is 17.7 Å². The molecular weight excluding hydrogens is 399 g/mol. The van der Waals surface area contributed by atoms with Gasteiger partial charge in [0.25, 0.3) is 0 Å². The normalized spacial score (nSPS) is 28.7. The molecule has 1 saturated heterocycles. The van der Waals surface area contributed by atoms with Gasteiger partial charge in [0, 0.05) is 44.1 Å². The van der Waals surface area contributed by atoms with E-state index < -0.39 is 11.7 Å². The molecule has 4 atom stereocenters. The van der Waals surface area contributed by atoms with Crippen molar-refractivity contribution in [2.45, 2.75) is 43.5 Å². The molecule has 0 aromatic heterocycles. The minimum atomic E-state index is -0.829. The summed E-state index contributed by atoms with van der Waals surface area (Å²) >= 11 is 0. The molecule has 2 aromatic rings. The Morgan fingerprint density at radius 3 is 2.81 bits per heavy atom. The number of β-amino-alcohol motifs (C(OH)–C–C–N with tert-alkyl or cyclic N) is 2. The summed E-state index contributed by atoms with van der Waals surface area (Å²) in [5.74, 6) is 0.432. The Labute approximate surface area is 180 Å². The smallest absolute Gasteiger partial charge is 0.224 e. The maximum Gasteiger partial charge on any atom is 0.224 e. The van der Waals surface area contributed by atoms with Crippen LogP contribution in [0.15, 0.2) is 42.5 Å². The second-order valence-electron chi connectivity index (χ2n) is 9.11. The van der Waals surface area contributed by atoms with E-state index in [1.807, 2.05) is 18.2 Å². The van der Waals surface area contributed by atoms with Gasteiger partial charge in [-0.1, -0.05) is 12.1 Å². The molecule has 2 heterocycles. The average molecular weight is 426 g/mol. The highest BCUT2D eigenvalue weighted by molar-refractivity contribution is 5.93. The standard InChI is InChI=1S/C24H27FN2O4/c25-18-3-5-19(6-4-18)31-20-10-17-12-27(14-24(17,30)11-20)13-22(28)16-1-7-21-15(9-16)2-8-23(29)26-21/h1,3-7,9,17,20,22,28,30H,2,8,10-14H2,(H,26,29)/t17-,20+,22-,24-/m0/s1. The lowest BCUT2D eigenvalue weighted by molar-refractivity contribution is -0.116. The molecule has 31 heavy (non-hydrogen) atoms. The molecule has 5 rings (SSSR count). The van der Waals surface area contributed by atoms with Crippen LogP contribution in [0.1, 0.15) is 36.5 Å². The number of carbonyl (C=O) groups excluding carboxylic acids is 1. The quantitative estimate of drug-likeness (QED) is 0.685. The number of likely N-dealkylation sites (tertiary alicyclic amines) is 1. The minimum absolute atomic E-state index is 0.0272. The maximum atomic E-state index is 13.1. The van der Waals surface area contributed by atoms with Crippen molar-refractivity contribution in [3.05, 3.63) is 59.4 Å². The molecule has 3 N–H and O–H groups in total. The van der Waals surface area contributed by atoms with Crippen LogP contribution in [0.2, 0.25) is 0 Å². The van der Waals surface area contributed by atoms with Gasteiger partial charge in [-0.2, -0.15) is 0 Å².